The molecule has 1 N–H and O–H groups in total. The zero-order valence-corrected chi connectivity index (χ0v) is 12.1. The van der Waals surface area contributed by atoms with Crippen molar-refractivity contribution in [2.45, 2.75) is 19.8 Å². The summed E-state index contributed by atoms with van der Waals surface area (Å²) in [6, 6.07) is 5.60. The molecule has 1 aromatic carbocycles. The molecular formula is C13H17N3O2S. The molecule has 0 aliphatic heterocycles. The highest BCUT2D eigenvalue weighted by molar-refractivity contribution is 7.71. The second-order valence-corrected chi connectivity index (χ2v) is 4.45. The molecule has 0 aliphatic rings. The molecule has 2 rings (SSSR count). The van der Waals surface area contributed by atoms with Crippen molar-refractivity contribution in [1.29, 1.82) is 0 Å². The van der Waals surface area contributed by atoms with E-state index in [4.69, 9.17) is 21.7 Å². The van der Waals surface area contributed by atoms with Crippen molar-refractivity contribution in [3.8, 4) is 17.2 Å². The number of aryl methyl sites for hydroxylation is 1. The first-order valence-electron chi connectivity index (χ1n) is 6.10. The maximum absolute atomic E-state index is 5.39. The van der Waals surface area contributed by atoms with E-state index in [0.29, 0.717) is 4.77 Å². The molecule has 102 valence electrons. The summed E-state index contributed by atoms with van der Waals surface area (Å²) in [7, 11) is 3.27. The molecule has 0 spiro atoms. The zero-order valence-electron chi connectivity index (χ0n) is 11.3. The van der Waals surface area contributed by atoms with Crippen molar-refractivity contribution < 1.29 is 9.47 Å². The minimum absolute atomic E-state index is 0.551. The number of hydrogen-bond donors (Lipinski definition) is 1. The second kappa shape index (κ2) is 5.88. The fraction of sp³-hybridized carbons (Fsp3) is 0.385. The van der Waals surface area contributed by atoms with Gasteiger partial charge in [0.1, 0.15) is 17.3 Å². The first-order valence-corrected chi connectivity index (χ1v) is 6.50. The predicted octanol–water partition coefficient (Wildman–Crippen LogP) is 2.90. The maximum atomic E-state index is 5.39. The monoisotopic (exact) mass is 279 g/mol. The van der Waals surface area contributed by atoms with E-state index < -0.39 is 0 Å². The summed E-state index contributed by atoms with van der Waals surface area (Å²) in [4.78, 5) is 0. The van der Waals surface area contributed by atoms with Crippen LogP contribution in [-0.2, 0) is 6.42 Å². The summed E-state index contributed by atoms with van der Waals surface area (Å²) in [5.41, 5.74) is 0.837. The SMILES string of the molecule is CCCc1n[nH]c(=S)n1-c1cc(OC)ccc1OC. The fourth-order valence-corrected chi connectivity index (χ4v) is 2.19. The van der Waals surface area contributed by atoms with Gasteiger partial charge in [0, 0.05) is 12.5 Å². The van der Waals surface area contributed by atoms with Gasteiger partial charge in [0.2, 0.25) is 0 Å². The highest BCUT2D eigenvalue weighted by atomic mass is 32.1. The Labute approximate surface area is 117 Å². The van der Waals surface area contributed by atoms with E-state index in [1.54, 1.807) is 14.2 Å². The molecule has 1 aromatic heterocycles. The normalized spacial score (nSPS) is 10.5. The van der Waals surface area contributed by atoms with Crippen molar-refractivity contribution in [2.75, 3.05) is 14.2 Å². The Kier molecular flexibility index (Phi) is 4.21. The Morgan fingerprint density at radius 3 is 2.74 bits per heavy atom. The van der Waals surface area contributed by atoms with Crippen LogP contribution < -0.4 is 9.47 Å². The first-order chi connectivity index (χ1) is 9.21. The molecule has 0 radical (unpaired) electrons. The van der Waals surface area contributed by atoms with Crippen LogP contribution in [0.4, 0.5) is 0 Å². The molecule has 6 heteroatoms. The number of aromatic amines is 1. The first kappa shape index (κ1) is 13.6. The van der Waals surface area contributed by atoms with Gasteiger partial charge < -0.3 is 9.47 Å². The Bertz CT molecular complexity index is 619. The van der Waals surface area contributed by atoms with E-state index in [1.807, 2.05) is 22.8 Å². The van der Waals surface area contributed by atoms with Crippen LogP contribution in [0.2, 0.25) is 0 Å². The van der Waals surface area contributed by atoms with Crippen LogP contribution in [0.15, 0.2) is 18.2 Å². The minimum Gasteiger partial charge on any atom is -0.497 e. The van der Waals surface area contributed by atoms with Crippen LogP contribution in [0.25, 0.3) is 5.69 Å². The lowest BCUT2D eigenvalue weighted by Gasteiger charge is -2.12. The van der Waals surface area contributed by atoms with Crippen molar-refractivity contribution in [3.05, 3.63) is 28.8 Å². The summed E-state index contributed by atoms with van der Waals surface area (Å²) in [6.45, 7) is 2.10. The van der Waals surface area contributed by atoms with Crippen molar-refractivity contribution >= 4 is 12.2 Å². The number of nitrogens with zero attached hydrogens (tertiary/aromatic N) is 2. The second-order valence-electron chi connectivity index (χ2n) is 4.07. The third-order valence-corrected chi connectivity index (χ3v) is 3.12. The number of hydrogen-bond acceptors (Lipinski definition) is 4. The molecule has 0 saturated carbocycles. The highest BCUT2D eigenvalue weighted by Gasteiger charge is 2.13. The number of H-pyrrole nitrogens is 1. The standard InChI is InChI=1S/C13H17N3O2S/c1-4-5-12-14-15-13(19)16(12)10-8-9(17-2)6-7-11(10)18-3/h6-8H,4-5H2,1-3H3,(H,15,19). The van der Waals surface area contributed by atoms with Gasteiger partial charge in [-0.25, -0.2) is 0 Å². The number of nitrogens with one attached hydrogen (secondary N) is 1. The van der Waals surface area contributed by atoms with Crippen molar-refractivity contribution in [2.24, 2.45) is 0 Å². The molecule has 0 atom stereocenters. The highest BCUT2D eigenvalue weighted by Crippen LogP contribution is 2.28. The van der Waals surface area contributed by atoms with E-state index in [9.17, 15) is 0 Å². The van der Waals surface area contributed by atoms with Crippen LogP contribution in [0.3, 0.4) is 0 Å². The fourth-order valence-electron chi connectivity index (χ4n) is 1.94. The molecule has 2 aromatic rings. The number of rotatable bonds is 5. The summed E-state index contributed by atoms with van der Waals surface area (Å²) in [6.07, 6.45) is 1.83. The summed E-state index contributed by atoms with van der Waals surface area (Å²) in [5.74, 6) is 2.37. The van der Waals surface area contributed by atoms with Crippen LogP contribution in [0.1, 0.15) is 19.2 Å². The Hall–Kier alpha value is -1.82. The topological polar surface area (TPSA) is 52.1 Å². The van der Waals surface area contributed by atoms with E-state index >= 15 is 0 Å². The third kappa shape index (κ3) is 2.63. The lowest BCUT2D eigenvalue weighted by atomic mass is 10.2. The Morgan fingerprint density at radius 2 is 2.11 bits per heavy atom. The van der Waals surface area contributed by atoms with Crippen LogP contribution in [-0.4, -0.2) is 29.0 Å². The lowest BCUT2D eigenvalue weighted by molar-refractivity contribution is 0.401. The van der Waals surface area contributed by atoms with Crippen LogP contribution in [0.5, 0.6) is 11.5 Å². The van der Waals surface area contributed by atoms with Gasteiger partial charge in [0.25, 0.3) is 0 Å². The lowest BCUT2D eigenvalue weighted by Crippen LogP contribution is -2.04. The average molecular weight is 279 g/mol. The summed E-state index contributed by atoms with van der Waals surface area (Å²) >= 11 is 5.30. The quantitative estimate of drug-likeness (QED) is 0.855. The summed E-state index contributed by atoms with van der Waals surface area (Å²) in [5, 5.41) is 7.09. The van der Waals surface area contributed by atoms with Gasteiger partial charge in [-0.15, -0.1) is 0 Å². The largest absolute Gasteiger partial charge is 0.497 e. The van der Waals surface area contributed by atoms with Gasteiger partial charge in [-0.3, -0.25) is 9.67 Å². The molecule has 19 heavy (non-hydrogen) atoms. The van der Waals surface area contributed by atoms with Crippen molar-refractivity contribution in [3.63, 3.8) is 0 Å². The molecule has 0 saturated heterocycles. The van der Waals surface area contributed by atoms with Gasteiger partial charge in [0.05, 0.1) is 19.9 Å². The van der Waals surface area contributed by atoms with E-state index in [0.717, 1.165) is 35.9 Å². The minimum atomic E-state index is 0.551. The summed E-state index contributed by atoms with van der Waals surface area (Å²) < 4.78 is 13.1. The van der Waals surface area contributed by atoms with Gasteiger partial charge in [-0.2, -0.15) is 5.10 Å². The van der Waals surface area contributed by atoms with Gasteiger partial charge in [-0.05, 0) is 30.8 Å². The van der Waals surface area contributed by atoms with Gasteiger partial charge >= 0.3 is 0 Å². The smallest absolute Gasteiger partial charge is 0.199 e. The molecule has 0 aliphatic carbocycles. The molecule has 0 fully saturated rings. The number of aromatic nitrogens is 3. The van der Waals surface area contributed by atoms with Crippen LogP contribution >= 0.6 is 12.2 Å². The maximum Gasteiger partial charge on any atom is 0.199 e. The Morgan fingerprint density at radius 1 is 1.32 bits per heavy atom. The number of benzene rings is 1. The molecule has 0 amide bonds. The third-order valence-electron chi connectivity index (χ3n) is 2.84. The predicted molar refractivity (Wildman–Crippen MR) is 75.8 cm³/mol. The zero-order chi connectivity index (χ0) is 13.8. The van der Waals surface area contributed by atoms with Gasteiger partial charge in [-0.1, -0.05) is 6.92 Å². The molecule has 5 nitrogen and oxygen atoms in total. The molecule has 0 unspecified atom stereocenters. The van der Waals surface area contributed by atoms with E-state index in [2.05, 4.69) is 17.1 Å². The van der Waals surface area contributed by atoms with E-state index in [1.165, 1.54) is 0 Å². The Balaban J connectivity index is 2.62. The van der Waals surface area contributed by atoms with Gasteiger partial charge in [0.15, 0.2) is 4.77 Å². The molecule has 1 heterocycles. The number of ether oxygens (including phenoxy) is 2. The van der Waals surface area contributed by atoms with E-state index in [-0.39, 0.29) is 0 Å². The number of methoxy groups -OCH3 is 2. The average Bonchev–Trinajstić information content (AvgIpc) is 2.79. The molecule has 0 bridgehead atoms. The molecular weight excluding hydrogens is 262 g/mol. The van der Waals surface area contributed by atoms with Crippen molar-refractivity contribution in [1.82, 2.24) is 14.8 Å². The van der Waals surface area contributed by atoms with Crippen LogP contribution in [0, 0.1) is 4.77 Å².